The maximum atomic E-state index is 12.1. The first kappa shape index (κ1) is 13.5. The number of hydrogen-bond acceptors (Lipinski definition) is 5. The number of nitrogens with two attached hydrogens (primary N) is 1. The predicted octanol–water partition coefficient (Wildman–Crippen LogP) is 2.80. The SMILES string of the molecule is Cc1cnc(NC(=O)c2cc(N)nc(C(C)C)c2)s1. The number of carbonyl (C=O) groups excluding carboxylic acids is 1. The van der Waals surface area contributed by atoms with Crippen LogP contribution >= 0.6 is 11.3 Å². The van der Waals surface area contributed by atoms with E-state index in [1.54, 1.807) is 18.3 Å². The molecule has 0 atom stereocenters. The van der Waals surface area contributed by atoms with Gasteiger partial charge < -0.3 is 5.73 Å². The van der Waals surface area contributed by atoms with Gasteiger partial charge in [0.15, 0.2) is 5.13 Å². The fourth-order valence-corrected chi connectivity index (χ4v) is 2.24. The highest BCUT2D eigenvalue weighted by molar-refractivity contribution is 7.15. The van der Waals surface area contributed by atoms with Gasteiger partial charge in [0.2, 0.25) is 0 Å². The van der Waals surface area contributed by atoms with Crippen LogP contribution in [0.3, 0.4) is 0 Å². The van der Waals surface area contributed by atoms with Crippen molar-refractivity contribution in [1.29, 1.82) is 0 Å². The summed E-state index contributed by atoms with van der Waals surface area (Å²) in [5.41, 5.74) is 7.04. The number of aryl methyl sites for hydroxylation is 1. The molecule has 1 amide bonds. The highest BCUT2D eigenvalue weighted by atomic mass is 32.1. The van der Waals surface area contributed by atoms with Gasteiger partial charge in [0.05, 0.1) is 0 Å². The van der Waals surface area contributed by atoms with Crippen LogP contribution in [-0.4, -0.2) is 15.9 Å². The molecule has 0 radical (unpaired) electrons. The molecule has 2 aromatic heterocycles. The van der Waals surface area contributed by atoms with Crippen LogP contribution < -0.4 is 11.1 Å². The summed E-state index contributed by atoms with van der Waals surface area (Å²) in [4.78, 5) is 21.5. The molecule has 0 aromatic carbocycles. The van der Waals surface area contributed by atoms with Gasteiger partial charge in [-0.1, -0.05) is 13.8 Å². The van der Waals surface area contributed by atoms with E-state index in [4.69, 9.17) is 5.73 Å². The molecule has 0 bridgehead atoms. The number of nitrogens with one attached hydrogen (secondary N) is 1. The molecule has 100 valence electrons. The number of carbonyl (C=O) groups is 1. The molecule has 19 heavy (non-hydrogen) atoms. The Balaban J connectivity index is 2.23. The first-order valence-corrected chi connectivity index (χ1v) is 6.78. The number of thiazole rings is 1. The van der Waals surface area contributed by atoms with Crippen molar-refractivity contribution < 1.29 is 4.79 Å². The third-order valence-corrected chi connectivity index (χ3v) is 3.39. The van der Waals surface area contributed by atoms with Crippen molar-refractivity contribution in [3.63, 3.8) is 0 Å². The molecule has 0 fully saturated rings. The highest BCUT2D eigenvalue weighted by Crippen LogP contribution is 2.20. The van der Waals surface area contributed by atoms with Gasteiger partial charge in [-0.3, -0.25) is 10.1 Å². The lowest BCUT2D eigenvalue weighted by Gasteiger charge is -2.08. The molecule has 0 unspecified atom stereocenters. The van der Waals surface area contributed by atoms with Crippen LogP contribution in [0.5, 0.6) is 0 Å². The van der Waals surface area contributed by atoms with E-state index < -0.39 is 0 Å². The number of hydrogen-bond donors (Lipinski definition) is 2. The lowest BCUT2D eigenvalue weighted by molar-refractivity contribution is 0.102. The zero-order chi connectivity index (χ0) is 14.0. The van der Waals surface area contributed by atoms with Gasteiger partial charge in [-0.2, -0.15) is 0 Å². The molecule has 0 saturated carbocycles. The average Bonchev–Trinajstić information content (AvgIpc) is 2.73. The Hall–Kier alpha value is -1.95. The zero-order valence-electron chi connectivity index (χ0n) is 11.1. The molecular formula is C13H16N4OS. The smallest absolute Gasteiger partial charge is 0.257 e. The molecule has 2 rings (SSSR count). The Morgan fingerprint density at radius 1 is 1.42 bits per heavy atom. The minimum Gasteiger partial charge on any atom is -0.384 e. The van der Waals surface area contributed by atoms with Crippen molar-refractivity contribution in [2.75, 3.05) is 11.1 Å². The van der Waals surface area contributed by atoms with Crippen LogP contribution in [0.4, 0.5) is 10.9 Å². The third-order valence-electron chi connectivity index (χ3n) is 2.56. The van der Waals surface area contributed by atoms with Gasteiger partial charge in [-0.05, 0) is 25.0 Å². The maximum absolute atomic E-state index is 12.1. The standard InChI is InChI=1S/C13H16N4OS/c1-7(2)10-4-9(5-11(14)16-10)12(18)17-13-15-6-8(3)19-13/h4-7H,1-3H3,(H2,14,16)(H,15,17,18). The van der Waals surface area contributed by atoms with Crippen LogP contribution in [0, 0.1) is 6.92 Å². The lowest BCUT2D eigenvalue weighted by Crippen LogP contribution is -2.13. The molecule has 2 aromatic rings. The highest BCUT2D eigenvalue weighted by Gasteiger charge is 2.12. The van der Waals surface area contributed by atoms with Gasteiger partial charge in [0, 0.05) is 22.3 Å². The summed E-state index contributed by atoms with van der Waals surface area (Å²) in [6.45, 7) is 5.95. The molecule has 5 nitrogen and oxygen atoms in total. The Morgan fingerprint density at radius 3 is 2.74 bits per heavy atom. The quantitative estimate of drug-likeness (QED) is 0.903. The Morgan fingerprint density at radius 2 is 2.16 bits per heavy atom. The number of nitrogens with zero attached hydrogens (tertiary/aromatic N) is 2. The summed E-state index contributed by atoms with van der Waals surface area (Å²) in [7, 11) is 0. The fraction of sp³-hybridized carbons (Fsp3) is 0.308. The Kier molecular flexibility index (Phi) is 3.80. The van der Waals surface area contributed by atoms with Crippen molar-refractivity contribution in [2.45, 2.75) is 26.7 Å². The van der Waals surface area contributed by atoms with E-state index in [9.17, 15) is 4.79 Å². The van der Waals surface area contributed by atoms with Crippen LogP contribution in [-0.2, 0) is 0 Å². The summed E-state index contributed by atoms with van der Waals surface area (Å²) in [5, 5.41) is 3.34. The number of anilines is 2. The van der Waals surface area contributed by atoms with Gasteiger partial charge >= 0.3 is 0 Å². The number of rotatable bonds is 3. The molecule has 3 N–H and O–H groups in total. The Bertz CT molecular complexity index is 606. The summed E-state index contributed by atoms with van der Waals surface area (Å²) in [6.07, 6.45) is 1.72. The van der Waals surface area contributed by atoms with Crippen molar-refractivity contribution in [1.82, 2.24) is 9.97 Å². The van der Waals surface area contributed by atoms with E-state index in [2.05, 4.69) is 15.3 Å². The van der Waals surface area contributed by atoms with Gasteiger partial charge in [-0.15, -0.1) is 11.3 Å². The topological polar surface area (TPSA) is 80.9 Å². The van der Waals surface area contributed by atoms with E-state index in [-0.39, 0.29) is 11.8 Å². The average molecular weight is 276 g/mol. The fourth-order valence-electron chi connectivity index (χ4n) is 1.58. The van der Waals surface area contributed by atoms with Crippen LogP contribution in [0.2, 0.25) is 0 Å². The first-order valence-electron chi connectivity index (χ1n) is 5.97. The summed E-state index contributed by atoms with van der Waals surface area (Å²) < 4.78 is 0. The predicted molar refractivity (Wildman–Crippen MR) is 77.5 cm³/mol. The maximum Gasteiger partial charge on any atom is 0.257 e. The number of amides is 1. The van der Waals surface area contributed by atoms with Crippen LogP contribution in [0.1, 0.15) is 40.7 Å². The minimum absolute atomic E-state index is 0.217. The first-order chi connectivity index (χ1) is 8.95. The molecule has 0 saturated heterocycles. The lowest BCUT2D eigenvalue weighted by atomic mass is 10.1. The van der Waals surface area contributed by atoms with Gasteiger partial charge in [0.1, 0.15) is 5.82 Å². The molecule has 0 spiro atoms. The van der Waals surface area contributed by atoms with Crippen molar-refractivity contribution >= 4 is 28.2 Å². The summed E-state index contributed by atoms with van der Waals surface area (Å²) >= 11 is 1.44. The van der Waals surface area contributed by atoms with Crippen LogP contribution in [0.15, 0.2) is 18.3 Å². The second-order valence-corrected chi connectivity index (χ2v) is 5.83. The molecular weight excluding hydrogens is 260 g/mol. The largest absolute Gasteiger partial charge is 0.384 e. The monoisotopic (exact) mass is 276 g/mol. The second kappa shape index (κ2) is 5.36. The molecule has 2 heterocycles. The van der Waals surface area contributed by atoms with Crippen LogP contribution in [0.25, 0.3) is 0 Å². The second-order valence-electron chi connectivity index (χ2n) is 4.59. The van der Waals surface area contributed by atoms with E-state index in [0.29, 0.717) is 16.5 Å². The van der Waals surface area contributed by atoms with Gasteiger partial charge in [0.25, 0.3) is 5.91 Å². The number of aromatic nitrogens is 2. The normalized spacial score (nSPS) is 10.7. The molecule has 0 aliphatic rings. The third kappa shape index (κ3) is 3.29. The summed E-state index contributed by atoms with van der Waals surface area (Å²) in [6, 6.07) is 3.33. The van der Waals surface area contributed by atoms with Crippen molar-refractivity contribution in [3.8, 4) is 0 Å². The molecule has 0 aliphatic carbocycles. The van der Waals surface area contributed by atoms with Crippen molar-refractivity contribution in [2.24, 2.45) is 0 Å². The molecule has 0 aliphatic heterocycles. The van der Waals surface area contributed by atoms with Crippen molar-refractivity contribution in [3.05, 3.63) is 34.5 Å². The zero-order valence-corrected chi connectivity index (χ0v) is 11.9. The number of pyridine rings is 1. The summed E-state index contributed by atoms with van der Waals surface area (Å²) in [5.74, 6) is 0.356. The molecule has 6 heteroatoms. The van der Waals surface area contributed by atoms with E-state index >= 15 is 0 Å². The minimum atomic E-state index is -0.217. The van der Waals surface area contributed by atoms with E-state index in [1.165, 1.54) is 11.3 Å². The van der Waals surface area contributed by atoms with Gasteiger partial charge in [-0.25, -0.2) is 9.97 Å². The number of nitrogen functional groups attached to an aromatic ring is 1. The Labute approximate surface area is 115 Å². The van der Waals surface area contributed by atoms with E-state index in [0.717, 1.165) is 10.6 Å². The van der Waals surface area contributed by atoms with E-state index in [1.807, 2.05) is 20.8 Å².